The highest BCUT2D eigenvalue weighted by molar-refractivity contribution is 6.93. The molecule has 1 saturated heterocycles. The maximum absolute atomic E-state index is 6.95. The molecule has 1 heterocycles. The molecular weight excluding hydrogens is 393 g/mol. The largest absolute Gasteiger partial charge is 0.416 e. The molecule has 0 radical (unpaired) electrons. The fourth-order valence-electron chi connectivity index (χ4n) is 4.22. The van der Waals surface area contributed by atoms with Crippen LogP contribution in [0.4, 0.5) is 0 Å². The maximum atomic E-state index is 6.95. The average Bonchev–Trinajstić information content (AvgIpc) is 2.49. The predicted octanol–water partition coefficient (Wildman–Crippen LogP) is 6.77. The molecule has 0 saturated carbocycles. The van der Waals surface area contributed by atoms with Gasteiger partial charge < -0.3 is 16.5 Å². The van der Waals surface area contributed by atoms with Crippen molar-refractivity contribution in [3.63, 3.8) is 0 Å². The van der Waals surface area contributed by atoms with Gasteiger partial charge in [-0.3, -0.25) is 0 Å². The van der Waals surface area contributed by atoms with Gasteiger partial charge in [0.05, 0.1) is 0 Å². The van der Waals surface area contributed by atoms with Gasteiger partial charge in [-0.15, -0.1) is 0 Å². The molecule has 0 N–H and O–H groups in total. The molecule has 1 fully saturated rings. The van der Waals surface area contributed by atoms with Gasteiger partial charge in [0.1, 0.15) is 0 Å². The summed E-state index contributed by atoms with van der Waals surface area (Å²) in [7, 11) is -9.13. The summed E-state index contributed by atoms with van der Waals surface area (Å²) in [6, 6.07) is 4.19. The number of hydrogen-bond donors (Lipinski definition) is 0. The van der Waals surface area contributed by atoms with Crippen LogP contribution < -0.4 is 0 Å². The summed E-state index contributed by atoms with van der Waals surface area (Å²) in [6.45, 7) is 18.0. The Hall–Kier alpha value is 0.708. The summed E-state index contributed by atoms with van der Waals surface area (Å²) in [6.07, 6.45) is 6.89. The zero-order valence-corrected chi connectivity index (χ0v) is 22.7. The van der Waals surface area contributed by atoms with Gasteiger partial charge in [0.15, 0.2) is 0 Å². The molecule has 8 heteroatoms. The Bertz CT molecular complexity index is 372. The highest BCUT2D eigenvalue weighted by atomic mass is 28.5. The third kappa shape index (κ3) is 7.61. The van der Waals surface area contributed by atoms with E-state index < -0.39 is 34.2 Å². The van der Waals surface area contributed by atoms with Crippen LogP contribution in [0.3, 0.4) is 0 Å². The van der Waals surface area contributed by atoms with Gasteiger partial charge in [0.25, 0.3) is 0 Å². The molecule has 156 valence electrons. The summed E-state index contributed by atoms with van der Waals surface area (Å²) in [5.74, 6) is 0. The predicted molar refractivity (Wildman–Crippen MR) is 120 cm³/mol. The topological polar surface area (TPSA) is 36.9 Å². The lowest BCUT2D eigenvalue weighted by molar-refractivity contribution is 0.221. The molecular formula is C18H44O4Si4. The van der Waals surface area contributed by atoms with Gasteiger partial charge in [-0.25, -0.2) is 0 Å². The Morgan fingerprint density at radius 2 is 0.692 bits per heavy atom. The van der Waals surface area contributed by atoms with Crippen LogP contribution in [0.1, 0.15) is 66.2 Å². The molecule has 0 aromatic heterocycles. The van der Waals surface area contributed by atoms with Crippen molar-refractivity contribution in [1.82, 2.24) is 0 Å². The van der Waals surface area contributed by atoms with E-state index in [0.717, 1.165) is 37.0 Å². The van der Waals surface area contributed by atoms with Crippen LogP contribution in [0.2, 0.25) is 50.4 Å². The molecule has 0 atom stereocenters. The van der Waals surface area contributed by atoms with Crippen molar-refractivity contribution in [2.45, 2.75) is 117 Å². The molecule has 0 amide bonds. The van der Waals surface area contributed by atoms with Gasteiger partial charge in [-0.1, -0.05) is 66.2 Å². The van der Waals surface area contributed by atoms with Gasteiger partial charge >= 0.3 is 34.2 Å². The first-order valence-electron chi connectivity index (χ1n) is 10.9. The fraction of sp³-hybridized carbons (Fsp3) is 1.00. The Morgan fingerprint density at radius 3 is 0.923 bits per heavy atom. The minimum absolute atomic E-state index is 1.04. The first kappa shape index (κ1) is 24.7. The number of hydrogen-bond acceptors (Lipinski definition) is 4. The molecule has 0 spiro atoms. The quantitative estimate of drug-likeness (QED) is 0.354. The normalized spacial score (nSPS) is 38.8. The van der Waals surface area contributed by atoms with E-state index in [2.05, 4.69) is 53.9 Å². The molecule has 1 aliphatic heterocycles. The summed E-state index contributed by atoms with van der Waals surface area (Å²) < 4.78 is 27.8. The SMILES string of the molecule is CCCC[Si]1(C)O[Si](C)(CCC)O[Si](C)(CCCC)O[Si](C)(CCC)O1. The molecule has 26 heavy (non-hydrogen) atoms. The molecule has 0 aromatic carbocycles. The molecule has 0 aromatic rings. The second kappa shape index (κ2) is 10.5. The van der Waals surface area contributed by atoms with Gasteiger partial charge in [-0.2, -0.15) is 0 Å². The fourth-order valence-corrected chi connectivity index (χ4v) is 28.1. The molecule has 4 nitrogen and oxygen atoms in total. The van der Waals surface area contributed by atoms with Crippen LogP contribution >= 0.6 is 0 Å². The maximum Gasteiger partial charge on any atom is 0.317 e. The van der Waals surface area contributed by atoms with E-state index in [1.165, 1.54) is 25.7 Å². The van der Waals surface area contributed by atoms with E-state index in [4.69, 9.17) is 16.5 Å². The first-order chi connectivity index (χ1) is 12.1. The third-order valence-electron chi connectivity index (χ3n) is 5.10. The smallest absolute Gasteiger partial charge is 0.317 e. The lowest BCUT2D eigenvalue weighted by Crippen LogP contribution is -2.67. The van der Waals surface area contributed by atoms with Crippen molar-refractivity contribution in [2.24, 2.45) is 0 Å². The Morgan fingerprint density at radius 1 is 0.423 bits per heavy atom. The van der Waals surface area contributed by atoms with Crippen molar-refractivity contribution >= 4 is 34.2 Å². The number of rotatable bonds is 10. The third-order valence-corrected chi connectivity index (χ3v) is 24.3. The zero-order chi connectivity index (χ0) is 19.9. The van der Waals surface area contributed by atoms with Crippen LogP contribution in [0.25, 0.3) is 0 Å². The lowest BCUT2D eigenvalue weighted by atomic mass is 10.4. The summed E-state index contributed by atoms with van der Waals surface area (Å²) >= 11 is 0. The van der Waals surface area contributed by atoms with E-state index in [0.29, 0.717) is 0 Å². The molecule has 0 unspecified atom stereocenters. The molecule has 0 bridgehead atoms. The molecule has 0 aliphatic carbocycles. The van der Waals surface area contributed by atoms with Crippen molar-refractivity contribution in [1.29, 1.82) is 0 Å². The molecule has 1 rings (SSSR count). The summed E-state index contributed by atoms with van der Waals surface area (Å²) in [5.41, 5.74) is 0. The lowest BCUT2D eigenvalue weighted by Gasteiger charge is -2.50. The van der Waals surface area contributed by atoms with Crippen LogP contribution in [0, 0.1) is 0 Å². The van der Waals surface area contributed by atoms with E-state index in [1.807, 2.05) is 0 Å². The second-order valence-electron chi connectivity index (χ2n) is 8.65. The minimum Gasteiger partial charge on any atom is -0.416 e. The van der Waals surface area contributed by atoms with Crippen LogP contribution in [0.5, 0.6) is 0 Å². The van der Waals surface area contributed by atoms with Crippen molar-refractivity contribution in [2.75, 3.05) is 0 Å². The van der Waals surface area contributed by atoms with Gasteiger partial charge in [0.2, 0.25) is 0 Å². The first-order valence-corrected chi connectivity index (χ1v) is 21.0. The van der Waals surface area contributed by atoms with E-state index >= 15 is 0 Å². The Balaban J connectivity index is 3.22. The minimum atomic E-state index is -2.28. The van der Waals surface area contributed by atoms with E-state index in [-0.39, 0.29) is 0 Å². The average molecular weight is 437 g/mol. The number of unbranched alkanes of at least 4 members (excludes halogenated alkanes) is 2. The Labute approximate surface area is 167 Å². The molecule has 1 aliphatic rings. The van der Waals surface area contributed by atoms with Crippen LogP contribution in [0.15, 0.2) is 0 Å². The van der Waals surface area contributed by atoms with E-state index in [1.54, 1.807) is 0 Å². The zero-order valence-electron chi connectivity index (χ0n) is 18.7. The van der Waals surface area contributed by atoms with Crippen LogP contribution in [-0.4, -0.2) is 34.2 Å². The summed E-state index contributed by atoms with van der Waals surface area (Å²) in [5, 5.41) is 0. The second-order valence-corrected chi connectivity index (χ2v) is 23.0. The standard InChI is InChI=1S/C18H44O4Si4/c1-9-13-17-25(7)19-23(5,15-11-3)21-26(8,18-14-10-2)22-24(6,20-25)16-12-4/h9-18H2,1-8H3. The highest BCUT2D eigenvalue weighted by Crippen LogP contribution is 2.38. The van der Waals surface area contributed by atoms with Gasteiger partial charge in [-0.05, 0) is 50.4 Å². The van der Waals surface area contributed by atoms with E-state index in [9.17, 15) is 0 Å². The van der Waals surface area contributed by atoms with Crippen LogP contribution in [-0.2, 0) is 16.5 Å². The Kier molecular flexibility index (Phi) is 9.97. The monoisotopic (exact) mass is 436 g/mol. The summed E-state index contributed by atoms with van der Waals surface area (Å²) in [4.78, 5) is 0. The van der Waals surface area contributed by atoms with Crippen molar-refractivity contribution in [3.05, 3.63) is 0 Å². The van der Waals surface area contributed by atoms with Crippen molar-refractivity contribution in [3.8, 4) is 0 Å². The highest BCUT2D eigenvalue weighted by Gasteiger charge is 2.55. The van der Waals surface area contributed by atoms with Gasteiger partial charge in [0, 0.05) is 0 Å². The van der Waals surface area contributed by atoms with Crippen molar-refractivity contribution < 1.29 is 16.5 Å².